The second-order valence-electron chi connectivity index (χ2n) is 3.80. The molecule has 1 aliphatic heterocycles. The van der Waals surface area contributed by atoms with Gasteiger partial charge in [0.25, 0.3) is 0 Å². The predicted octanol–water partition coefficient (Wildman–Crippen LogP) is 3.57. The van der Waals surface area contributed by atoms with E-state index in [4.69, 9.17) is 11.6 Å². The molecule has 0 spiro atoms. The summed E-state index contributed by atoms with van der Waals surface area (Å²) in [7, 11) is 0. The number of ketones is 1. The van der Waals surface area contributed by atoms with Gasteiger partial charge in [0.15, 0.2) is 0 Å². The average molecular weight is 267 g/mol. The van der Waals surface area contributed by atoms with Crippen LogP contribution in [-0.4, -0.2) is 23.9 Å². The molecule has 18 heavy (non-hydrogen) atoms. The van der Waals surface area contributed by atoms with Gasteiger partial charge in [0.05, 0.1) is 5.02 Å². The molecule has 0 amide bonds. The highest BCUT2D eigenvalue weighted by molar-refractivity contribution is 6.33. The van der Waals surface area contributed by atoms with Crippen molar-refractivity contribution in [2.24, 2.45) is 0 Å². The SMILES string of the molecule is C=Cc1cnc(N2CCC(=O)CC2)c(Cl)c1.CC. The van der Waals surface area contributed by atoms with E-state index in [2.05, 4.69) is 16.5 Å². The van der Waals surface area contributed by atoms with Crippen LogP contribution in [0, 0.1) is 0 Å². The van der Waals surface area contributed by atoms with Crippen molar-refractivity contribution >= 4 is 29.3 Å². The highest BCUT2D eigenvalue weighted by Crippen LogP contribution is 2.26. The zero-order valence-corrected chi connectivity index (χ0v) is 11.7. The molecule has 0 aromatic carbocycles. The summed E-state index contributed by atoms with van der Waals surface area (Å²) in [5.74, 6) is 1.08. The van der Waals surface area contributed by atoms with Gasteiger partial charge in [-0.25, -0.2) is 4.98 Å². The molecule has 1 fully saturated rings. The molecule has 0 saturated carbocycles. The van der Waals surface area contributed by atoms with Crippen molar-refractivity contribution in [2.45, 2.75) is 26.7 Å². The Labute approximate surface area is 113 Å². The van der Waals surface area contributed by atoms with Gasteiger partial charge in [0.1, 0.15) is 11.6 Å². The third-order valence-corrected chi connectivity index (χ3v) is 2.98. The summed E-state index contributed by atoms with van der Waals surface area (Å²) < 4.78 is 0. The Balaban J connectivity index is 0.000000771. The Morgan fingerprint density at radius 3 is 2.50 bits per heavy atom. The molecule has 0 unspecified atom stereocenters. The Morgan fingerprint density at radius 2 is 2.00 bits per heavy atom. The summed E-state index contributed by atoms with van der Waals surface area (Å²) in [5, 5.41) is 0.617. The van der Waals surface area contributed by atoms with Crippen molar-refractivity contribution < 1.29 is 4.79 Å². The zero-order valence-electron chi connectivity index (χ0n) is 10.9. The van der Waals surface area contributed by atoms with Crippen molar-refractivity contribution in [3.05, 3.63) is 29.4 Å². The van der Waals surface area contributed by atoms with E-state index in [0.29, 0.717) is 36.7 Å². The van der Waals surface area contributed by atoms with Crippen molar-refractivity contribution in [3.8, 4) is 0 Å². The molecule has 0 atom stereocenters. The molecular formula is C14H19ClN2O. The molecule has 1 aliphatic rings. The fourth-order valence-corrected chi connectivity index (χ4v) is 2.05. The maximum Gasteiger partial charge on any atom is 0.147 e. The van der Waals surface area contributed by atoms with Crippen molar-refractivity contribution in [2.75, 3.05) is 18.0 Å². The minimum atomic E-state index is 0.315. The molecule has 2 rings (SSSR count). The maximum absolute atomic E-state index is 11.1. The molecule has 0 radical (unpaired) electrons. The third kappa shape index (κ3) is 3.57. The first kappa shape index (κ1) is 14.7. The molecule has 98 valence electrons. The minimum absolute atomic E-state index is 0.315. The normalized spacial score (nSPS) is 14.8. The number of anilines is 1. The topological polar surface area (TPSA) is 33.2 Å². The van der Waals surface area contributed by atoms with E-state index in [1.807, 2.05) is 19.9 Å². The van der Waals surface area contributed by atoms with Gasteiger partial charge in [-0.05, 0) is 11.6 Å². The molecule has 0 N–H and O–H groups in total. The lowest BCUT2D eigenvalue weighted by Gasteiger charge is -2.27. The number of pyridine rings is 1. The molecule has 4 heteroatoms. The summed E-state index contributed by atoms with van der Waals surface area (Å²) in [6.45, 7) is 9.08. The van der Waals surface area contributed by atoms with Gasteiger partial charge in [0, 0.05) is 32.1 Å². The van der Waals surface area contributed by atoms with Crippen LogP contribution in [0.1, 0.15) is 32.3 Å². The number of halogens is 1. The monoisotopic (exact) mass is 266 g/mol. The van der Waals surface area contributed by atoms with Gasteiger partial charge in [-0.1, -0.05) is 38.1 Å². The lowest BCUT2D eigenvalue weighted by atomic mass is 10.1. The highest BCUT2D eigenvalue weighted by Gasteiger charge is 2.19. The number of piperidine rings is 1. The molecular weight excluding hydrogens is 248 g/mol. The van der Waals surface area contributed by atoms with E-state index in [1.165, 1.54) is 0 Å². The second kappa shape index (κ2) is 7.17. The summed E-state index contributed by atoms with van der Waals surface area (Å²) in [6, 6.07) is 1.84. The molecule has 0 bridgehead atoms. The Bertz CT molecular complexity index is 422. The van der Waals surface area contributed by atoms with Crippen LogP contribution in [0.5, 0.6) is 0 Å². The van der Waals surface area contributed by atoms with Gasteiger partial charge in [-0.2, -0.15) is 0 Å². The van der Waals surface area contributed by atoms with E-state index in [-0.39, 0.29) is 0 Å². The van der Waals surface area contributed by atoms with Gasteiger partial charge in [-0.15, -0.1) is 0 Å². The van der Waals surface area contributed by atoms with Crippen LogP contribution in [-0.2, 0) is 4.79 Å². The largest absolute Gasteiger partial charge is 0.355 e. The van der Waals surface area contributed by atoms with E-state index < -0.39 is 0 Å². The lowest BCUT2D eigenvalue weighted by molar-refractivity contribution is -0.119. The van der Waals surface area contributed by atoms with Crippen LogP contribution in [0.25, 0.3) is 6.08 Å². The van der Waals surface area contributed by atoms with Gasteiger partial charge < -0.3 is 4.90 Å². The first-order chi connectivity index (χ1) is 8.70. The predicted molar refractivity (Wildman–Crippen MR) is 77.1 cm³/mol. The highest BCUT2D eigenvalue weighted by atomic mass is 35.5. The quantitative estimate of drug-likeness (QED) is 0.820. The number of hydrogen-bond acceptors (Lipinski definition) is 3. The number of carbonyl (C=O) groups excluding carboxylic acids is 1. The Morgan fingerprint density at radius 1 is 1.39 bits per heavy atom. The summed E-state index contributed by atoms with van der Waals surface area (Å²) in [6.07, 6.45) is 4.62. The second-order valence-corrected chi connectivity index (χ2v) is 4.21. The van der Waals surface area contributed by atoms with Crippen LogP contribution in [0.3, 0.4) is 0 Å². The Hall–Kier alpha value is -1.35. The fourth-order valence-electron chi connectivity index (χ4n) is 1.76. The van der Waals surface area contributed by atoms with Crippen LogP contribution in [0.4, 0.5) is 5.82 Å². The molecule has 2 heterocycles. The fraction of sp³-hybridized carbons (Fsp3) is 0.429. The Kier molecular flexibility index (Phi) is 5.86. The molecule has 0 aliphatic carbocycles. The number of carbonyl (C=O) groups is 1. The number of Topliss-reactive ketones (excluding diaryl/α,β-unsaturated/α-hetero) is 1. The third-order valence-electron chi connectivity index (χ3n) is 2.70. The summed E-state index contributed by atoms with van der Waals surface area (Å²) in [5.41, 5.74) is 0.904. The van der Waals surface area contributed by atoms with Gasteiger partial charge in [0.2, 0.25) is 0 Å². The number of hydrogen-bond donors (Lipinski definition) is 0. The van der Waals surface area contributed by atoms with Gasteiger partial charge >= 0.3 is 0 Å². The van der Waals surface area contributed by atoms with Crippen LogP contribution < -0.4 is 4.90 Å². The van der Waals surface area contributed by atoms with E-state index in [9.17, 15) is 4.79 Å². The molecule has 1 aromatic heterocycles. The van der Waals surface area contributed by atoms with Gasteiger partial charge in [-0.3, -0.25) is 4.79 Å². The molecule has 1 saturated heterocycles. The smallest absolute Gasteiger partial charge is 0.147 e. The molecule has 3 nitrogen and oxygen atoms in total. The van der Waals surface area contributed by atoms with Crippen molar-refractivity contribution in [3.63, 3.8) is 0 Å². The summed E-state index contributed by atoms with van der Waals surface area (Å²) >= 11 is 6.14. The summed E-state index contributed by atoms with van der Waals surface area (Å²) in [4.78, 5) is 17.5. The first-order valence-electron chi connectivity index (χ1n) is 6.25. The standard InChI is InChI=1S/C12H13ClN2O.C2H6/c1-2-9-7-11(13)12(14-8-9)15-5-3-10(16)4-6-15;1-2/h2,7-8H,1,3-6H2;1-2H3. The minimum Gasteiger partial charge on any atom is -0.355 e. The number of rotatable bonds is 2. The lowest BCUT2D eigenvalue weighted by Crippen LogP contribution is -2.34. The zero-order chi connectivity index (χ0) is 13.5. The van der Waals surface area contributed by atoms with E-state index >= 15 is 0 Å². The molecule has 1 aromatic rings. The van der Waals surface area contributed by atoms with Crippen molar-refractivity contribution in [1.29, 1.82) is 0 Å². The number of nitrogens with zero attached hydrogens (tertiary/aromatic N) is 2. The van der Waals surface area contributed by atoms with Crippen molar-refractivity contribution in [1.82, 2.24) is 4.98 Å². The maximum atomic E-state index is 11.1. The number of aromatic nitrogens is 1. The van der Waals surface area contributed by atoms with Crippen LogP contribution in [0.2, 0.25) is 5.02 Å². The first-order valence-corrected chi connectivity index (χ1v) is 6.63. The van der Waals surface area contributed by atoms with E-state index in [1.54, 1.807) is 12.3 Å². The van der Waals surface area contributed by atoms with Crippen LogP contribution >= 0.6 is 11.6 Å². The van der Waals surface area contributed by atoms with Crippen LogP contribution in [0.15, 0.2) is 18.8 Å². The average Bonchev–Trinajstić information content (AvgIpc) is 2.42. The van der Waals surface area contributed by atoms with E-state index in [0.717, 1.165) is 11.4 Å².